The van der Waals surface area contributed by atoms with E-state index < -0.39 is 14.2 Å². The Bertz CT molecular complexity index is 599. The minimum Gasteiger partial charge on any atom is -0.478 e. The lowest BCUT2D eigenvalue weighted by Gasteiger charge is -2.30. The highest BCUT2D eigenvalue weighted by Gasteiger charge is 2.48. The van der Waals surface area contributed by atoms with Gasteiger partial charge in [-0.05, 0) is 30.6 Å². The molecular weight excluding hydrogens is 400 g/mol. The van der Waals surface area contributed by atoms with Gasteiger partial charge in [0.05, 0.1) is 12.1 Å². The van der Waals surface area contributed by atoms with Crippen molar-refractivity contribution in [3.05, 3.63) is 0 Å². The van der Waals surface area contributed by atoms with Crippen molar-refractivity contribution in [2.75, 3.05) is 34.5 Å². The van der Waals surface area contributed by atoms with Crippen molar-refractivity contribution < 1.29 is 22.8 Å². The van der Waals surface area contributed by atoms with Crippen LogP contribution in [0.25, 0.3) is 0 Å². The zero-order valence-electron chi connectivity index (χ0n) is 20.6. The maximum absolute atomic E-state index is 6.16. The fourth-order valence-corrected chi connectivity index (χ4v) is 5.48. The van der Waals surface area contributed by atoms with Crippen LogP contribution in [0.3, 0.4) is 0 Å². The van der Waals surface area contributed by atoms with Crippen molar-refractivity contribution in [3.8, 4) is 0 Å². The monoisotopic (exact) mass is 442 g/mol. The molecule has 2 aliphatic rings. The standard InChI is InChI=1S/C22H42N2O5Si/c1-20(2,3)16-14-28-18(23-16)22(7,12-11-13-30(25-8,26-9)27-10)19-24-17(15-29-19)21(4,5)6/h16-17H,11-15H2,1-10H3/t16-,17-/m1/s1. The average Bonchev–Trinajstić information content (AvgIpc) is 3.35. The Kier molecular flexibility index (Phi) is 7.81. The van der Waals surface area contributed by atoms with E-state index in [1.807, 2.05) is 0 Å². The molecule has 2 aliphatic heterocycles. The SMILES string of the molecule is CO[Si](CCCC(C)(C1=N[C@@H](C(C)(C)C)CO1)C1=N[C@@H](C(C)(C)C)CO1)(OC)OC. The first-order valence-corrected chi connectivity index (χ1v) is 12.8. The molecular formula is C22H42N2O5Si. The summed E-state index contributed by atoms with van der Waals surface area (Å²) >= 11 is 0. The smallest absolute Gasteiger partial charge is 0.478 e. The first-order valence-electron chi connectivity index (χ1n) is 10.9. The lowest BCUT2D eigenvalue weighted by Crippen LogP contribution is -2.43. The topological polar surface area (TPSA) is 70.9 Å². The Hall–Kier alpha value is -0.963. The molecule has 0 aromatic rings. The predicted molar refractivity (Wildman–Crippen MR) is 122 cm³/mol. The molecule has 2 heterocycles. The third-order valence-electron chi connectivity index (χ3n) is 6.34. The molecule has 0 unspecified atom stereocenters. The van der Waals surface area contributed by atoms with Crippen LogP contribution in [0.4, 0.5) is 0 Å². The van der Waals surface area contributed by atoms with Gasteiger partial charge < -0.3 is 22.8 Å². The third-order valence-corrected chi connectivity index (χ3v) is 9.17. The Labute approximate surface area is 184 Å². The second kappa shape index (κ2) is 9.26. The van der Waals surface area contributed by atoms with Crippen LogP contribution in [0, 0.1) is 16.2 Å². The zero-order chi connectivity index (χ0) is 22.8. The quantitative estimate of drug-likeness (QED) is 0.497. The molecule has 0 saturated carbocycles. The van der Waals surface area contributed by atoms with E-state index in [-0.39, 0.29) is 22.9 Å². The molecule has 0 aromatic heterocycles. The van der Waals surface area contributed by atoms with Crippen molar-refractivity contribution in [2.45, 2.75) is 79.4 Å². The Morgan fingerprint density at radius 3 is 1.50 bits per heavy atom. The molecule has 8 heteroatoms. The fraction of sp³-hybridized carbons (Fsp3) is 0.909. The maximum Gasteiger partial charge on any atom is 0.500 e. The predicted octanol–water partition coefficient (Wildman–Crippen LogP) is 4.34. The molecule has 2 atom stereocenters. The van der Waals surface area contributed by atoms with Gasteiger partial charge in [-0.15, -0.1) is 0 Å². The van der Waals surface area contributed by atoms with Gasteiger partial charge in [0.1, 0.15) is 18.6 Å². The molecule has 30 heavy (non-hydrogen) atoms. The van der Waals surface area contributed by atoms with Gasteiger partial charge >= 0.3 is 8.80 Å². The lowest BCUT2D eigenvalue weighted by molar-refractivity contribution is 0.122. The van der Waals surface area contributed by atoms with E-state index in [1.165, 1.54) is 0 Å². The fourth-order valence-electron chi connectivity index (χ4n) is 3.76. The summed E-state index contributed by atoms with van der Waals surface area (Å²) in [7, 11) is 2.30. The van der Waals surface area contributed by atoms with Gasteiger partial charge in [0.25, 0.3) is 0 Å². The third kappa shape index (κ3) is 5.44. The summed E-state index contributed by atoms with van der Waals surface area (Å²) in [4.78, 5) is 9.98. The largest absolute Gasteiger partial charge is 0.500 e. The molecule has 0 N–H and O–H groups in total. The van der Waals surface area contributed by atoms with Gasteiger partial charge in [0, 0.05) is 27.4 Å². The van der Waals surface area contributed by atoms with Crippen LogP contribution >= 0.6 is 0 Å². The van der Waals surface area contributed by atoms with E-state index in [9.17, 15) is 0 Å². The van der Waals surface area contributed by atoms with Crippen LogP contribution in [-0.4, -0.2) is 67.2 Å². The first kappa shape index (κ1) is 25.3. The van der Waals surface area contributed by atoms with E-state index in [0.717, 1.165) is 24.6 Å². The second-order valence-electron chi connectivity index (χ2n) is 10.7. The second-order valence-corrected chi connectivity index (χ2v) is 13.8. The number of hydrogen-bond donors (Lipinski definition) is 0. The van der Waals surface area contributed by atoms with Crippen molar-refractivity contribution in [2.24, 2.45) is 26.2 Å². The summed E-state index contributed by atoms with van der Waals surface area (Å²) in [5.41, 5.74) is -0.437. The molecule has 7 nitrogen and oxygen atoms in total. The number of nitrogens with zero attached hydrogens (tertiary/aromatic N) is 2. The lowest BCUT2D eigenvalue weighted by atomic mass is 9.84. The van der Waals surface area contributed by atoms with Crippen LogP contribution in [0.1, 0.15) is 61.3 Å². The summed E-state index contributed by atoms with van der Waals surface area (Å²) < 4.78 is 29.1. The van der Waals surface area contributed by atoms with Gasteiger partial charge in [0.15, 0.2) is 11.8 Å². The normalized spacial score (nSPS) is 23.1. The molecule has 0 aromatic carbocycles. The zero-order valence-corrected chi connectivity index (χ0v) is 21.6. The van der Waals surface area contributed by atoms with Crippen LogP contribution in [0.15, 0.2) is 9.98 Å². The number of aliphatic imine (C=N–C) groups is 2. The molecule has 0 radical (unpaired) electrons. The minimum absolute atomic E-state index is 0.0408. The van der Waals surface area contributed by atoms with Crippen molar-refractivity contribution >= 4 is 20.6 Å². The van der Waals surface area contributed by atoms with Crippen LogP contribution in [0.2, 0.25) is 6.04 Å². The summed E-state index contributed by atoms with van der Waals surface area (Å²) in [6.45, 7) is 16.5. The molecule has 0 fully saturated rings. The van der Waals surface area contributed by atoms with Gasteiger partial charge in [-0.25, -0.2) is 9.98 Å². The van der Waals surface area contributed by atoms with Crippen LogP contribution in [-0.2, 0) is 22.8 Å². The summed E-state index contributed by atoms with van der Waals surface area (Å²) in [6, 6.07) is 0.952. The number of ether oxygens (including phenoxy) is 2. The van der Waals surface area contributed by atoms with Crippen molar-refractivity contribution in [3.63, 3.8) is 0 Å². The number of rotatable bonds is 9. The van der Waals surface area contributed by atoms with Gasteiger partial charge in [-0.1, -0.05) is 41.5 Å². The van der Waals surface area contributed by atoms with Crippen molar-refractivity contribution in [1.29, 1.82) is 0 Å². The minimum atomic E-state index is -2.64. The average molecular weight is 443 g/mol. The highest BCUT2D eigenvalue weighted by Crippen LogP contribution is 2.39. The molecule has 2 rings (SSSR count). The summed E-state index contributed by atoms with van der Waals surface area (Å²) in [5, 5.41) is 0. The van der Waals surface area contributed by atoms with E-state index in [1.54, 1.807) is 21.3 Å². The van der Waals surface area contributed by atoms with E-state index >= 15 is 0 Å². The Morgan fingerprint density at radius 2 is 1.20 bits per heavy atom. The van der Waals surface area contributed by atoms with Crippen LogP contribution in [0.5, 0.6) is 0 Å². The highest BCUT2D eigenvalue weighted by molar-refractivity contribution is 6.60. The molecule has 174 valence electrons. The maximum atomic E-state index is 6.16. The molecule has 0 spiro atoms. The number of hydrogen-bond acceptors (Lipinski definition) is 7. The van der Waals surface area contributed by atoms with E-state index in [2.05, 4.69) is 48.5 Å². The first-order chi connectivity index (χ1) is 13.8. The highest BCUT2D eigenvalue weighted by atomic mass is 28.4. The van der Waals surface area contributed by atoms with Crippen LogP contribution < -0.4 is 0 Å². The molecule has 0 aliphatic carbocycles. The summed E-state index contributed by atoms with van der Waals surface area (Å²) in [5.74, 6) is 1.46. The van der Waals surface area contributed by atoms with E-state index in [0.29, 0.717) is 19.3 Å². The Balaban J connectivity index is 2.30. The molecule has 0 amide bonds. The van der Waals surface area contributed by atoms with Gasteiger partial charge in [-0.2, -0.15) is 0 Å². The van der Waals surface area contributed by atoms with Gasteiger partial charge in [-0.3, -0.25) is 0 Å². The molecule has 0 saturated heterocycles. The van der Waals surface area contributed by atoms with Crippen molar-refractivity contribution in [1.82, 2.24) is 0 Å². The molecule has 0 bridgehead atoms. The Morgan fingerprint density at radius 1 is 0.800 bits per heavy atom. The summed E-state index contributed by atoms with van der Waals surface area (Å²) in [6.07, 6.45) is 1.59. The van der Waals surface area contributed by atoms with Gasteiger partial charge in [0.2, 0.25) is 0 Å². The van der Waals surface area contributed by atoms with E-state index in [4.69, 9.17) is 32.7 Å².